The van der Waals surface area contributed by atoms with Crippen LogP contribution >= 0.6 is 23.2 Å². The largest absolute Gasteiger partial charge is 0.454 e. The summed E-state index contributed by atoms with van der Waals surface area (Å²) >= 11 is 12.0. The predicted molar refractivity (Wildman–Crippen MR) is 109 cm³/mol. The number of carbonyl (C=O) groups is 1. The lowest BCUT2D eigenvalue weighted by Gasteiger charge is -2.10. The summed E-state index contributed by atoms with van der Waals surface area (Å²) in [6.45, 7) is 1.90. The number of rotatable bonds is 4. The van der Waals surface area contributed by atoms with Gasteiger partial charge >= 0.3 is 0 Å². The number of furan rings is 2. The van der Waals surface area contributed by atoms with Gasteiger partial charge in [0.05, 0.1) is 21.3 Å². The topological polar surface area (TPSA) is 67.2 Å². The Kier molecular flexibility index (Phi) is 4.42. The van der Waals surface area contributed by atoms with Crippen LogP contribution in [0.15, 0.2) is 47.0 Å². The van der Waals surface area contributed by atoms with Gasteiger partial charge in [-0.2, -0.15) is 0 Å². The van der Waals surface area contributed by atoms with E-state index in [1.165, 1.54) is 0 Å². The number of aromatic nitrogens is 1. The number of anilines is 2. The van der Waals surface area contributed by atoms with Gasteiger partial charge in [0, 0.05) is 36.3 Å². The fourth-order valence-corrected chi connectivity index (χ4v) is 3.39. The molecule has 0 saturated carbocycles. The average Bonchev–Trinajstić information content (AvgIpc) is 3.22. The molecule has 0 spiro atoms. The van der Waals surface area contributed by atoms with Crippen molar-refractivity contribution in [2.24, 2.45) is 0 Å². The van der Waals surface area contributed by atoms with Gasteiger partial charge in [0.25, 0.3) is 5.91 Å². The molecule has 2 N–H and O–H groups in total. The molecule has 1 aromatic carbocycles. The lowest BCUT2D eigenvalue weighted by atomic mass is 9.98. The van der Waals surface area contributed by atoms with E-state index < -0.39 is 0 Å². The van der Waals surface area contributed by atoms with E-state index in [2.05, 4.69) is 15.6 Å². The van der Waals surface area contributed by atoms with Crippen LogP contribution in [0.2, 0.25) is 10.0 Å². The van der Waals surface area contributed by atoms with E-state index in [-0.39, 0.29) is 5.91 Å². The number of carbonyl (C=O) groups excluding carboxylic acids is 1. The Morgan fingerprint density at radius 2 is 1.93 bits per heavy atom. The molecule has 3 heterocycles. The first-order valence-electron chi connectivity index (χ1n) is 8.24. The zero-order valence-corrected chi connectivity index (χ0v) is 16.1. The minimum absolute atomic E-state index is 0.283. The first-order valence-corrected chi connectivity index (χ1v) is 8.99. The second-order valence-corrected chi connectivity index (χ2v) is 6.94. The summed E-state index contributed by atoms with van der Waals surface area (Å²) in [5, 5.41) is 6.76. The number of pyridine rings is 1. The third-order valence-corrected chi connectivity index (χ3v) is 5.05. The molecule has 2 bridgehead atoms. The van der Waals surface area contributed by atoms with Crippen molar-refractivity contribution in [1.82, 2.24) is 4.98 Å². The van der Waals surface area contributed by atoms with E-state index >= 15 is 0 Å². The molecule has 0 saturated heterocycles. The highest BCUT2D eigenvalue weighted by atomic mass is 35.5. The lowest BCUT2D eigenvalue weighted by Crippen LogP contribution is -2.13. The van der Waals surface area contributed by atoms with Crippen LogP contribution in [0.3, 0.4) is 0 Å². The van der Waals surface area contributed by atoms with Gasteiger partial charge < -0.3 is 15.1 Å². The van der Waals surface area contributed by atoms with E-state index in [1.807, 2.05) is 32.2 Å². The number of hydrogen-bond acceptors (Lipinski definition) is 4. The van der Waals surface area contributed by atoms with E-state index in [9.17, 15) is 4.79 Å². The zero-order chi connectivity index (χ0) is 19.1. The first kappa shape index (κ1) is 17.6. The van der Waals surface area contributed by atoms with Crippen molar-refractivity contribution in [1.29, 1.82) is 0 Å². The van der Waals surface area contributed by atoms with Crippen molar-refractivity contribution in [2.45, 2.75) is 6.92 Å². The summed E-state index contributed by atoms with van der Waals surface area (Å²) in [6, 6.07) is 10.5. The van der Waals surface area contributed by atoms with Gasteiger partial charge in [-0.25, -0.2) is 0 Å². The first-order chi connectivity index (χ1) is 13.0. The standard InChI is InChI=1S/C20H15Cl2N3O2/c1-10-7-11(5-6-24-10)17-18(16-9-15(23-2)19(17)27-16)20(26)25-12-3-4-13(21)14(22)8-12/h3-9,23H,1-2H3,(H,25,26). The van der Waals surface area contributed by atoms with Gasteiger partial charge in [-0.05, 0) is 42.8 Å². The maximum atomic E-state index is 13.0. The number of nitrogens with one attached hydrogen (secondary N) is 2. The summed E-state index contributed by atoms with van der Waals surface area (Å²) in [5.74, 6) is -0.283. The number of nitrogens with zero attached hydrogens (tertiary/aromatic N) is 1. The third-order valence-electron chi connectivity index (χ3n) is 4.31. The quantitative estimate of drug-likeness (QED) is 0.452. The number of halogens is 2. The minimum Gasteiger partial charge on any atom is -0.454 e. The van der Waals surface area contributed by atoms with E-state index in [0.717, 1.165) is 22.5 Å². The van der Waals surface area contributed by atoms with Crippen LogP contribution < -0.4 is 10.6 Å². The molecule has 136 valence electrons. The molecule has 7 heteroatoms. The molecular formula is C20H15Cl2N3O2. The highest BCUT2D eigenvalue weighted by molar-refractivity contribution is 6.42. The molecule has 0 aliphatic carbocycles. The van der Waals surface area contributed by atoms with Crippen molar-refractivity contribution in [3.05, 3.63) is 63.9 Å². The van der Waals surface area contributed by atoms with Crippen molar-refractivity contribution in [2.75, 3.05) is 17.7 Å². The van der Waals surface area contributed by atoms with E-state index in [1.54, 1.807) is 24.4 Å². The molecule has 4 rings (SSSR count). The Morgan fingerprint density at radius 3 is 2.63 bits per heavy atom. The van der Waals surface area contributed by atoms with Crippen LogP contribution in [0.4, 0.5) is 11.4 Å². The van der Waals surface area contributed by atoms with Crippen molar-refractivity contribution in [3.8, 4) is 11.1 Å². The normalized spacial score (nSPS) is 11.1. The maximum Gasteiger partial charge on any atom is 0.260 e. The van der Waals surface area contributed by atoms with Crippen molar-refractivity contribution < 1.29 is 9.21 Å². The number of aryl methyl sites for hydroxylation is 1. The minimum atomic E-state index is -0.283. The van der Waals surface area contributed by atoms with Gasteiger partial charge in [0.15, 0.2) is 5.58 Å². The Bertz CT molecular complexity index is 1150. The molecular weight excluding hydrogens is 385 g/mol. The monoisotopic (exact) mass is 399 g/mol. The Morgan fingerprint density at radius 1 is 1.11 bits per heavy atom. The Hall–Kier alpha value is -2.76. The van der Waals surface area contributed by atoms with Crippen LogP contribution in [0, 0.1) is 6.92 Å². The van der Waals surface area contributed by atoms with Crippen molar-refractivity contribution in [3.63, 3.8) is 0 Å². The molecule has 1 amide bonds. The smallest absolute Gasteiger partial charge is 0.260 e. The Labute approximate surface area is 165 Å². The molecule has 4 aromatic rings. The van der Waals surface area contributed by atoms with E-state index in [4.69, 9.17) is 27.6 Å². The molecule has 3 aromatic heterocycles. The SMILES string of the molecule is CNc1cc2oc1c(-c1ccnc(C)c1)c2C(=O)Nc1ccc(Cl)c(Cl)c1. The second kappa shape index (κ2) is 6.76. The van der Waals surface area contributed by atoms with Gasteiger partial charge in [-0.3, -0.25) is 9.78 Å². The molecule has 27 heavy (non-hydrogen) atoms. The van der Waals surface area contributed by atoms with Crippen molar-refractivity contribution >= 4 is 51.6 Å². The third kappa shape index (κ3) is 3.09. The molecule has 5 nitrogen and oxygen atoms in total. The molecule has 0 aliphatic heterocycles. The summed E-state index contributed by atoms with van der Waals surface area (Å²) in [4.78, 5) is 17.3. The van der Waals surface area contributed by atoms with Crippen LogP contribution in [-0.2, 0) is 0 Å². The fourth-order valence-electron chi connectivity index (χ4n) is 3.09. The van der Waals surface area contributed by atoms with Crippen LogP contribution in [0.5, 0.6) is 0 Å². The predicted octanol–water partition coefficient (Wildman–Crippen LogP) is 5.84. The number of amides is 1. The highest BCUT2D eigenvalue weighted by Gasteiger charge is 2.27. The summed E-state index contributed by atoms with van der Waals surface area (Å²) in [5.41, 5.74) is 5.47. The van der Waals surface area contributed by atoms with Crippen LogP contribution in [-0.4, -0.2) is 17.9 Å². The second-order valence-electron chi connectivity index (χ2n) is 6.12. The number of hydrogen-bond donors (Lipinski definition) is 2. The van der Waals surface area contributed by atoms with Crippen LogP contribution in [0.1, 0.15) is 16.1 Å². The van der Waals surface area contributed by atoms with Gasteiger partial charge in [-0.1, -0.05) is 23.2 Å². The lowest BCUT2D eigenvalue weighted by molar-refractivity contribution is 0.102. The van der Waals surface area contributed by atoms with Gasteiger partial charge in [0.2, 0.25) is 0 Å². The summed E-state index contributed by atoms with van der Waals surface area (Å²) in [7, 11) is 1.81. The van der Waals surface area contributed by atoms with Crippen LogP contribution in [0.25, 0.3) is 22.3 Å². The van der Waals surface area contributed by atoms with Gasteiger partial charge in [-0.15, -0.1) is 0 Å². The highest BCUT2D eigenvalue weighted by Crippen LogP contribution is 2.42. The van der Waals surface area contributed by atoms with E-state index in [0.29, 0.717) is 32.5 Å². The molecule has 0 aliphatic rings. The Balaban J connectivity index is 1.80. The number of benzene rings is 2. The zero-order valence-electron chi connectivity index (χ0n) is 14.6. The van der Waals surface area contributed by atoms with Gasteiger partial charge in [0.1, 0.15) is 5.58 Å². The summed E-state index contributed by atoms with van der Waals surface area (Å²) < 4.78 is 5.87. The average molecular weight is 400 g/mol. The maximum absolute atomic E-state index is 13.0. The fraction of sp³-hybridized carbons (Fsp3) is 0.100. The molecule has 0 radical (unpaired) electrons. The number of fused-ring (bicyclic) bond motifs is 2. The molecule has 0 atom stereocenters. The summed E-state index contributed by atoms with van der Waals surface area (Å²) in [6.07, 6.45) is 1.71. The molecule has 0 unspecified atom stereocenters. The molecule has 0 fully saturated rings.